The molecule has 0 N–H and O–H groups in total. The van der Waals surface area contributed by atoms with Crippen LogP contribution in [0.15, 0.2) is 81.0 Å². The lowest BCUT2D eigenvalue weighted by Crippen LogP contribution is -2.27. The Morgan fingerprint density at radius 3 is 2.42 bits per heavy atom. The van der Waals surface area contributed by atoms with Crippen molar-refractivity contribution in [3.63, 3.8) is 0 Å². The van der Waals surface area contributed by atoms with E-state index in [0.29, 0.717) is 11.1 Å². The van der Waals surface area contributed by atoms with Crippen molar-refractivity contribution < 1.29 is 31.3 Å². The second kappa shape index (κ2) is 10.9. The Kier molecular flexibility index (Phi) is 7.82. The van der Waals surface area contributed by atoms with Gasteiger partial charge in [0.25, 0.3) is 11.1 Å². The first kappa shape index (κ1) is 25.9. The van der Waals surface area contributed by atoms with Gasteiger partial charge in [-0.25, -0.2) is 4.39 Å². The van der Waals surface area contributed by atoms with Crippen molar-refractivity contribution in [2.75, 3.05) is 6.61 Å². The van der Waals surface area contributed by atoms with E-state index in [1.165, 1.54) is 48.5 Å². The van der Waals surface area contributed by atoms with E-state index in [-0.39, 0.29) is 38.9 Å². The number of nitrogens with zero attached hydrogens (tertiary/aromatic N) is 1. The largest absolute Gasteiger partial charge is 0.490 e. The summed E-state index contributed by atoms with van der Waals surface area (Å²) >= 11 is 4.11. The first-order valence-electron chi connectivity index (χ1n) is 10.6. The molecule has 1 saturated heterocycles. The number of imide groups is 1. The van der Waals surface area contributed by atoms with Gasteiger partial charge in [0.15, 0.2) is 11.5 Å². The number of benzene rings is 3. The van der Waals surface area contributed by atoms with E-state index in [0.717, 1.165) is 16.7 Å². The summed E-state index contributed by atoms with van der Waals surface area (Å²) in [6.45, 7) is 1.98. The number of ether oxygens (including phenoxy) is 1. The van der Waals surface area contributed by atoms with Gasteiger partial charge >= 0.3 is 10.1 Å². The lowest BCUT2D eigenvalue weighted by atomic mass is 10.1. The Bertz CT molecular complexity index is 1440. The van der Waals surface area contributed by atoms with Crippen molar-refractivity contribution in [3.8, 4) is 11.5 Å². The van der Waals surface area contributed by atoms with Crippen LogP contribution in [0.2, 0.25) is 0 Å². The van der Waals surface area contributed by atoms with Gasteiger partial charge in [-0.15, -0.1) is 0 Å². The molecule has 0 aromatic heterocycles. The predicted molar refractivity (Wildman–Crippen MR) is 137 cm³/mol. The van der Waals surface area contributed by atoms with E-state index in [4.69, 9.17) is 8.92 Å². The van der Waals surface area contributed by atoms with Gasteiger partial charge < -0.3 is 8.92 Å². The van der Waals surface area contributed by atoms with Crippen LogP contribution in [0.1, 0.15) is 18.1 Å². The van der Waals surface area contributed by atoms with E-state index < -0.39 is 27.1 Å². The molecule has 0 bridgehead atoms. The molecule has 36 heavy (non-hydrogen) atoms. The Labute approximate surface area is 220 Å². The summed E-state index contributed by atoms with van der Waals surface area (Å²) in [6.07, 6.45) is 1.51. The van der Waals surface area contributed by atoms with E-state index in [1.807, 2.05) is 0 Å². The number of amides is 2. The third kappa shape index (κ3) is 5.80. The topological polar surface area (TPSA) is 90.0 Å². The average molecular weight is 592 g/mol. The maximum Gasteiger partial charge on any atom is 0.339 e. The van der Waals surface area contributed by atoms with E-state index in [2.05, 4.69) is 15.9 Å². The zero-order valence-corrected chi connectivity index (χ0v) is 22.0. The third-order valence-electron chi connectivity index (χ3n) is 4.98. The molecule has 0 unspecified atom stereocenters. The van der Waals surface area contributed by atoms with Gasteiger partial charge in [-0.05, 0) is 88.2 Å². The number of hydrogen-bond donors (Lipinski definition) is 0. The molecule has 0 aliphatic carbocycles. The fourth-order valence-electron chi connectivity index (χ4n) is 3.32. The van der Waals surface area contributed by atoms with Crippen molar-refractivity contribution in [3.05, 3.63) is 93.1 Å². The molecule has 11 heteroatoms. The molecule has 2 amide bonds. The van der Waals surface area contributed by atoms with Crippen molar-refractivity contribution in [2.24, 2.45) is 0 Å². The van der Waals surface area contributed by atoms with Gasteiger partial charge in [0.05, 0.1) is 22.5 Å². The highest BCUT2D eigenvalue weighted by Gasteiger charge is 2.35. The number of thioether (sulfide) groups is 1. The van der Waals surface area contributed by atoms with Gasteiger partial charge in [0, 0.05) is 0 Å². The molecule has 4 rings (SSSR count). The molecule has 1 aliphatic heterocycles. The molecular weight excluding hydrogens is 573 g/mol. The highest BCUT2D eigenvalue weighted by molar-refractivity contribution is 9.10. The Balaban J connectivity index is 1.61. The highest BCUT2D eigenvalue weighted by atomic mass is 79.9. The van der Waals surface area contributed by atoms with Crippen LogP contribution in [0.4, 0.5) is 9.18 Å². The van der Waals surface area contributed by atoms with Gasteiger partial charge in [0.1, 0.15) is 10.7 Å². The Morgan fingerprint density at radius 2 is 1.75 bits per heavy atom. The minimum atomic E-state index is -4.13. The van der Waals surface area contributed by atoms with E-state index in [1.54, 1.807) is 31.2 Å². The Morgan fingerprint density at radius 1 is 1.06 bits per heavy atom. The molecule has 0 spiro atoms. The average Bonchev–Trinajstić information content (AvgIpc) is 3.10. The van der Waals surface area contributed by atoms with Gasteiger partial charge in [-0.1, -0.05) is 30.3 Å². The van der Waals surface area contributed by atoms with Crippen LogP contribution in [0, 0.1) is 5.82 Å². The number of rotatable bonds is 8. The molecule has 1 heterocycles. The lowest BCUT2D eigenvalue weighted by molar-refractivity contribution is -0.123. The molecule has 186 valence electrons. The van der Waals surface area contributed by atoms with Crippen LogP contribution in [0.25, 0.3) is 6.08 Å². The summed E-state index contributed by atoms with van der Waals surface area (Å²) in [6, 6.07) is 16.3. The number of carbonyl (C=O) groups is 2. The third-order valence-corrected chi connectivity index (χ3v) is 7.71. The standard InChI is InChI=1S/C25H19BrFNO6S2/c1-2-33-21-13-17(12-20(26)23(21)34-36(31,32)19-6-4-3-5-7-19)14-22-24(29)28(25(30)35-22)15-16-8-10-18(27)11-9-16/h3-14H,2,15H2,1H3/b22-14-. The fourth-order valence-corrected chi connectivity index (χ4v) is 5.78. The monoisotopic (exact) mass is 591 g/mol. The molecule has 1 fully saturated rings. The zero-order chi connectivity index (χ0) is 25.9. The van der Waals surface area contributed by atoms with E-state index >= 15 is 0 Å². The van der Waals surface area contributed by atoms with Crippen molar-refractivity contribution in [2.45, 2.75) is 18.4 Å². The van der Waals surface area contributed by atoms with Crippen molar-refractivity contribution in [1.29, 1.82) is 0 Å². The fraction of sp³-hybridized carbons (Fsp3) is 0.120. The van der Waals surface area contributed by atoms with Crippen LogP contribution in [-0.4, -0.2) is 31.1 Å². The summed E-state index contributed by atoms with van der Waals surface area (Å²) in [5.74, 6) is -0.798. The summed E-state index contributed by atoms with van der Waals surface area (Å²) in [7, 11) is -4.13. The second-order valence-corrected chi connectivity index (χ2v) is 10.9. The molecule has 0 atom stereocenters. The quantitative estimate of drug-likeness (QED) is 0.235. The minimum absolute atomic E-state index is 0.0142. The van der Waals surface area contributed by atoms with Gasteiger partial charge in [0.2, 0.25) is 0 Å². The van der Waals surface area contributed by atoms with Gasteiger partial charge in [-0.3, -0.25) is 14.5 Å². The molecule has 7 nitrogen and oxygen atoms in total. The van der Waals surface area contributed by atoms with Gasteiger partial charge in [-0.2, -0.15) is 8.42 Å². The summed E-state index contributed by atoms with van der Waals surface area (Å²) < 4.78 is 49.9. The minimum Gasteiger partial charge on any atom is -0.490 e. The summed E-state index contributed by atoms with van der Waals surface area (Å²) in [5.41, 5.74) is 1.10. The van der Waals surface area contributed by atoms with Crippen LogP contribution in [-0.2, 0) is 21.5 Å². The SMILES string of the molecule is CCOc1cc(/C=C2\SC(=O)N(Cc3ccc(F)cc3)C2=O)cc(Br)c1OS(=O)(=O)c1ccccc1. The smallest absolute Gasteiger partial charge is 0.339 e. The van der Waals surface area contributed by atoms with Crippen LogP contribution in [0.3, 0.4) is 0 Å². The first-order chi connectivity index (χ1) is 17.2. The number of hydrogen-bond acceptors (Lipinski definition) is 7. The second-order valence-electron chi connectivity index (χ2n) is 7.51. The molecule has 3 aromatic rings. The maximum absolute atomic E-state index is 13.2. The van der Waals surface area contributed by atoms with E-state index in [9.17, 15) is 22.4 Å². The normalized spacial score (nSPS) is 15.0. The highest BCUT2D eigenvalue weighted by Crippen LogP contribution is 2.40. The number of carbonyl (C=O) groups excluding carboxylic acids is 2. The first-order valence-corrected chi connectivity index (χ1v) is 13.7. The predicted octanol–water partition coefficient (Wildman–Crippen LogP) is 5.99. The van der Waals surface area contributed by atoms with Crippen LogP contribution < -0.4 is 8.92 Å². The zero-order valence-electron chi connectivity index (χ0n) is 18.8. The molecular formula is C25H19BrFNO6S2. The molecule has 3 aromatic carbocycles. The maximum atomic E-state index is 13.2. The summed E-state index contributed by atoms with van der Waals surface area (Å²) in [5, 5.41) is -0.450. The van der Waals surface area contributed by atoms with Crippen molar-refractivity contribution >= 4 is 55.0 Å². The molecule has 0 radical (unpaired) electrons. The molecule has 0 saturated carbocycles. The lowest BCUT2D eigenvalue weighted by Gasteiger charge is -2.15. The van der Waals surface area contributed by atoms with Crippen LogP contribution >= 0.6 is 27.7 Å². The molecule has 1 aliphatic rings. The number of halogens is 2. The summed E-state index contributed by atoms with van der Waals surface area (Å²) in [4.78, 5) is 26.6. The van der Waals surface area contributed by atoms with Crippen LogP contribution in [0.5, 0.6) is 11.5 Å². The van der Waals surface area contributed by atoms with Crippen molar-refractivity contribution in [1.82, 2.24) is 4.90 Å². The Hall–Kier alpha value is -3.15.